The van der Waals surface area contributed by atoms with Crippen LogP contribution < -0.4 is 0 Å². The Kier molecular flexibility index (Phi) is 28.0. The Hall–Kier alpha value is -1.21. The molecule has 0 heterocycles. The lowest BCUT2D eigenvalue weighted by atomic mass is 10.1. The molecule has 0 bridgehead atoms. The Labute approximate surface area is 250 Å². The van der Waals surface area contributed by atoms with E-state index in [2.05, 4.69) is 30.5 Å². The van der Waals surface area contributed by atoms with Crippen LogP contribution in [-0.4, -0.2) is 41.0 Å². The van der Waals surface area contributed by atoms with Crippen molar-refractivity contribution in [1.29, 1.82) is 0 Å². The molecule has 0 saturated carbocycles. The number of carbonyl (C=O) groups is 2. The van der Waals surface area contributed by atoms with Gasteiger partial charge in [-0.05, 0) is 38.5 Å². The summed E-state index contributed by atoms with van der Waals surface area (Å²) in [6, 6.07) is 0. The van der Waals surface area contributed by atoms with E-state index >= 15 is 0 Å². The Balaban J connectivity index is 4.00. The van der Waals surface area contributed by atoms with Crippen LogP contribution in [0.1, 0.15) is 162 Å². The zero-order chi connectivity index (χ0) is 30.4. The molecule has 0 aliphatic heterocycles. The number of hydrogen-bond donors (Lipinski definition) is 2. The minimum Gasteiger partial charge on any atom is -0.462 e. The predicted molar refractivity (Wildman–Crippen MR) is 166 cm³/mol. The average Bonchev–Trinajstić information content (AvgIpc) is 2.93. The van der Waals surface area contributed by atoms with Crippen LogP contribution in [0.5, 0.6) is 0 Å². The van der Waals surface area contributed by atoms with E-state index in [1.165, 1.54) is 77.0 Å². The molecule has 1 atom stereocenters. The fourth-order valence-corrected chi connectivity index (χ4v) is 4.90. The van der Waals surface area contributed by atoms with Crippen molar-refractivity contribution < 1.29 is 37.9 Å². The first kappa shape index (κ1) is 39.8. The molecule has 0 saturated heterocycles. The molecule has 0 unspecified atom stereocenters. The molecule has 0 aliphatic carbocycles. The maximum absolute atomic E-state index is 12.3. The molecule has 2 N–H and O–H groups in total. The summed E-state index contributed by atoms with van der Waals surface area (Å²) < 4.78 is 26.1. The van der Waals surface area contributed by atoms with Crippen LogP contribution >= 0.6 is 7.82 Å². The fraction of sp³-hybridized carbons (Fsp3) is 0.875. The van der Waals surface area contributed by atoms with Gasteiger partial charge in [0, 0.05) is 12.8 Å². The largest absolute Gasteiger partial charge is 0.469 e. The highest BCUT2D eigenvalue weighted by molar-refractivity contribution is 7.46. The van der Waals surface area contributed by atoms with Gasteiger partial charge in [0.05, 0.1) is 6.61 Å². The minimum atomic E-state index is -4.74. The normalized spacial score (nSPS) is 12.6. The first-order valence-corrected chi connectivity index (χ1v) is 18.0. The molecule has 8 nitrogen and oxygen atoms in total. The lowest BCUT2D eigenvalue weighted by Crippen LogP contribution is -2.29. The fourth-order valence-electron chi connectivity index (χ4n) is 4.54. The van der Waals surface area contributed by atoms with Gasteiger partial charge in [-0.15, -0.1) is 0 Å². The number of hydrogen-bond acceptors (Lipinski definition) is 6. The standard InChI is InChI=1S/C32H61O8P/c1-3-5-7-9-11-13-14-15-16-17-18-19-21-23-25-27-32(34)40-30(29-39-41(35,36)37)28-38-31(33)26-24-22-20-12-10-8-6-4-2/h15-16,30H,3-14,17-29H2,1-2H3,(H2,35,36,37)/b16-15+/t30-/m1/s1. The van der Waals surface area contributed by atoms with E-state index in [9.17, 15) is 14.2 Å². The van der Waals surface area contributed by atoms with Crippen molar-refractivity contribution in [1.82, 2.24) is 0 Å². The highest BCUT2D eigenvalue weighted by atomic mass is 31.2. The molecule has 0 fully saturated rings. The second kappa shape index (κ2) is 28.9. The highest BCUT2D eigenvalue weighted by Gasteiger charge is 2.22. The van der Waals surface area contributed by atoms with E-state index in [1.807, 2.05) is 0 Å². The average molecular weight is 605 g/mol. The molecule has 0 aromatic carbocycles. The molecular weight excluding hydrogens is 543 g/mol. The summed E-state index contributed by atoms with van der Waals surface area (Å²) in [5, 5.41) is 0. The number of phosphoric ester groups is 1. The predicted octanol–water partition coefficient (Wildman–Crippen LogP) is 9.12. The highest BCUT2D eigenvalue weighted by Crippen LogP contribution is 2.35. The number of carbonyl (C=O) groups excluding carboxylic acids is 2. The molecule has 9 heteroatoms. The van der Waals surface area contributed by atoms with Gasteiger partial charge in [-0.25, -0.2) is 4.57 Å². The number of unbranched alkanes of at least 4 members (excludes halogenated alkanes) is 18. The number of allylic oxidation sites excluding steroid dienone is 2. The summed E-state index contributed by atoms with van der Waals surface area (Å²) in [5.74, 6) is -0.897. The van der Waals surface area contributed by atoms with E-state index in [0.717, 1.165) is 51.4 Å². The summed E-state index contributed by atoms with van der Waals surface area (Å²) in [6.07, 6.45) is 28.0. The Morgan fingerprint density at radius 2 is 1.02 bits per heavy atom. The third-order valence-electron chi connectivity index (χ3n) is 7.03. The van der Waals surface area contributed by atoms with Crippen molar-refractivity contribution in [2.45, 2.75) is 168 Å². The summed E-state index contributed by atoms with van der Waals surface area (Å²) in [5.41, 5.74) is 0. The van der Waals surface area contributed by atoms with Crippen molar-refractivity contribution in [3.8, 4) is 0 Å². The topological polar surface area (TPSA) is 119 Å². The SMILES string of the molecule is CCCCCCCC/C=C/CCCCCCCC(=O)O[C@H](COC(=O)CCCCCCCCCC)COP(=O)(O)O. The quantitative estimate of drug-likeness (QED) is 0.0360. The molecule has 0 amide bonds. The second-order valence-corrected chi connectivity index (χ2v) is 12.4. The third-order valence-corrected chi connectivity index (χ3v) is 7.52. The maximum Gasteiger partial charge on any atom is 0.469 e. The summed E-state index contributed by atoms with van der Waals surface area (Å²) in [6.45, 7) is 3.61. The van der Waals surface area contributed by atoms with Crippen LogP contribution in [0.15, 0.2) is 12.2 Å². The molecule has 41 heavy (non-hydrogen) atoms. The molecule has 0 rings (SSSR count). The van der Waals surface area contributed by atoms with Crippen LogP contribution in [0.4, 0.5) is 0 Å². The Morgan fingerprint density at radius 3 is 1.49 bits per heavy atom. The van der Waals surface area contributed by atoms with E-state index < -0.39 is 32.5 Å². The third kappa shape index (κ3) is 31.6. The van der Waals surface area contributed by atoms with Gasteiger partial charge in [-0.3, -0.25) is 14.1 Å². The van der Waals surface area contributed by atoms with Gasteiger partial charge < -0.3 is 19.3 Å². The monoisotopic (exact) mass is 604 g/mol. The Bertz CT molecular complexity index is 691. The van der Waals surface area contributed by atoms with Crippen molar-refractivity contribution in [2.75, 3.05) is 13.2 Å². The van der Waals surface area contributed by atoms with Crippen molar-refractivity contribution in [2.24, 2.45) is 0 Å². The molecule has 0 aromatic rings. The molecule has 0 aromatic heterocycles. The number of phosphoric acid groups is 1. The lowest BCUT2D eigenvalue weighted by Gasteiger charge is -2.18. The molecule has 0 spiro atoms. The zero-order valence-electron chi connectivity index (χ0n) is 26.2. The molecule has 0 radical (unpaired) electrons. The lowest BCUT2D eigenvalue weighted by molar-refractivity contribution is -0.161. The van der Waals surface area contributed by atoms with E-state index in [1.54, 1.807) is 0 Å². The summed E-state index contributed by atoms with van der Waals surface area (Å²) >= 11 is 0. The second-order valence-electron chi connectivity index (χ2n) is 11.1. The first-order chi connectivity index (χ1) is 19.8. The number of ether oxygens (including phenoxy) is 2. The van der Waals surface area contributed by atoms with Crippen molar-refractivity contribution >= 4 is 19.8 Å². The van der Waals surface area contributed by atoms with Gasteiger partial charge in [-0.1, -0.05) is 122 Å². The van der Waals surface area contributed by atoms with Crippen molar-refractivity contribution in [3.05, 3.63) is 12.2 Å². The maximum atomic E-state index is 12.3. The van der Waals surface area contributed by atoms with Crippen LogP contribution in [-0.2, 0) is 28.2 Å². The Morgan fingerprint density at radius 1 is 0.610 bits per heavy atom. The van der Waals surface area contributed by atoms with Gasteiger partial charge in [0.1, 0.15) is 6.61 Å². The van der Waals surface area contributed by atoms with E-state index in [-0.39, 0.29) is 19.4 Å². The van der Waals surface area contributed by atoms with Gasteiger partial charge in [0.15, 0.2) is 6.10 Å². The van der Waals surface area contributed by atoms with E-state index in [0.29, 0.717) is 6.42 Å². The van der Waals surface area contributed by atoms with E-state index in [4.69, 9.17) is 19.3 Å². The van der Waals surface area contributed by atoms with Gasteiger partial charge in [0.2, 0.25) is 0 Å². The molecular formula is C32H61O8P. The van der Waals surface area contributed by atoms with Crippen LogP contribution in [0, 0.1) is 0 Å². The molecule has 0 aliphatic rings. The van der Waals surface area contributed by atoms with Gasteiger partial charge >= 0.3 is 19.8 Å². The van der Waals surface area contributed by atoms with Crippen LogP contribution in [0.25, 0.3) is 0 Å². The first-order valence-electron chi connectivity index (χ1n) is 16.5. The number of esters is 2. The summed E-state index contributed by atoms with van der Waals surface area (Å²) in [7, 11) is -4.74. The minimum absolute atomic E-state index is 0.205. The van der Waals surface area contributed by atoms with Gasteiger partial charge in [0.25, 0.3) is 0 Å². The smallest absolute Gasteiger partial charge is 0.462 e. The molecule has 242 valence electrons. The van der Waals surface area contributed by atoms with Gasteiger partial charge in [-0.2, -0.15) is 0 Å². The van der Waals surface area contributed by atoms with Crippen LogP contribution in [0.2, 0.25) is 0 Å². The zero-order valence-corrected chi connectivity index (χ0v) is 27.1. The van der Waals surface area contributed by atoms with Crippen LogP contribution in [0.3, 0.4) is 0 Å². The number of rotatable bonds is 30. The van der Waals surface area contributed by atoms with Crippen molar-refractivity contribution in [3.63, 3.8) is 0 Å². The summed E-state index contributed by atoms with van der Waals surface area (Å²) in [4.78, 5) is 42.4.